The van der Waals surface area contributed by atoms with Gasteiger partial charge in [-0.1, -0.05) is 0 Å². The Labute approximate surface area is 189 Å². The lowest BCUT2D eigenvalue weighted by atomic mass is 10.1. The van der Waals surface area contributed by atoms with Crippen LogP contribution in [-0.2, 0) is 9.53 Å². The van der Waals surface area contributed by atoms with Gasteiger partial charge in [-0.3, -0.25) is 4.98 Å². The zero-order chi connectivity index (χ0) is 24.0. The van der Waals surface area contributed by atoms with Gasteiger partial charge in [0.05, 0.1) is 12.6 Å². The number of halogens is 2. The number of hydrogen-bond acceptors (Lipinski definition) is 7. The quantitative estimate of drug-likeness (QED) is 0.403. The number of carbonyl (C=O) groups excluding carboxylic acids is 1. The van der Waals surface area contributed by atoms with E-state index in [0.717, 1.165) is 12.1 Å². The van der Waals surface area contributed by atoms with Crippen LogP contribution in [0.4, 0.5) is 14.5 Å². The summed E-state index contributed by atoms with van der Waals surface area (Å²) >= 11 is 0. The molecule has 0 atom stereocenters. The number of rotatable bonds is 6. The van der Waals surface area contributed by atoms with Crippen molar-refractivity contribution in [2.45, 2.75) is 44.8 Å². The molecule has 1 aliphatic rings. The number of methoxy groups -OCH3 is 1. The normalized spacial score (nSPS) is 14.6. The molecular weight excluding hydrogens is 434 g/mol. The van der Waals surface area contributed by atoms with Crippen molar-refractivity contribution in [3.63, 3.8) is 0 Å². The van der Waals surface area contributed by atoms with Crippen molar-refractivity contribution < 1.29 is 32.5 Å². The van der Waals surface area contributed by atoms with Crippen molar-refractivity contribution in [2.24, 2.45) is 0 Å². The summed E-state index contributed by atoms with van der Waals surface area (Å²) in [5, 5.41) is 0.406. The van der Waals surface area contributed by atoms with Crippen LogP contribution in [0.1, 0.15) is 33.6 Å². The van der Waals surface area contributed by atoms with Crippen LogP contribution in [0.25, 0.3) is 10.9 Å². The molecule has 1 aromatic heterocycles. The largest absolute Gasteiger partial charge is 0.493 e. The van der Waals surface area contributed by atoms with Crippen LogP contribution in [-0.4, -0.2) is 29.3 Å². The lowest BCUT2D eigenvalue weighted by Gasteiger charge is -2.25. The number of fused-ring (bicyclic) bond motifs is 1. The first-order valence-electron chi connectivity index (χ1n) is 10.3. The van der Waals surface area contributed by atoms with Crippen LogP contribution in [0.15, 0.2) is 36.5 Å². The number of ether oxygens (including phenoxy) is 4. The van der Waals surface area contributed by atoms with Gasteiger partial charge in [-0.2, -0.15) is 0 Å². The van der Waals surface area contributed by atoms with Crippen molar-refractivity contribution in [1.82, 2.24) is 4.98 Å². The SMILES string of the molecule is COc1cc2nccc(Oc3c(F)cc(N)cc3F)c2cc1OC1(C(=O)OC(C)(C)C)CC1. The average molecular weight is 458 g/mol. The molecule has 0 amide bonds. The fraction of sp³-hybridized carbons (Fsp3) is 0.333. The fourth-order valence-corrected chi connectivity index (χ4v) is 3.29. The number of hydrogen-bond donors (Lipinski definition) is 1. The summed E-state index contributed by atoms with van der Waals surface area (Å²) in [5.41, 5.74) is 4.07. The zero-order valence-electron chi connectivity index (χ0n) is 18.7. The molecule has 0 radical (unpaired) electrons. The number of esters is 1. The molecule has 1 heterocycles. The van der Waals surface area contributed by atoms with Crippen LogP contribution < -0.4 is 19.9 Å². The van der Waals surface area contributed by atoms with Crippen molar-refractivity contribution in [2.75, 3.05) is 12.8 Å². The highest BCUT2D eigenvalue weighted by molar-refractivity contribution is 5.89. The lowest BCUT2D eigenvalue weighted by molar-refractivity contribution is -0.165. The Morgan fingerprint density at radius 1 is 1.06 bits per heavy atom. The van der Waals surface area contributed by atoms with Gasteiger partial charge in [-0.25, -0.2) is 13.6 Å². The third kappa shape index (κ3) is 4.62. The summed E-state index contributed by atoms with van der Waals surface area (Å²) < 4.78 is 51.1. The van der Waals surface area contributed by atoms with Gasteiger partial charge < -0.3 is 24.7 Å². The number of benzene rings is 2. The summed E-state index contributed by atoms with van der Waals surface area (Å²) in [6.45, 7) is 5.34. The Balaban J connectivity index is 1.73. The molecule has 2 N–H and O–H groups in total. The second kappa shape index (κ2) is 8.06. The maximum Gasteiger partial charge on any atom is 0.351 e. The van der Waals surface area contributed by atoms with Gasteiger partial charge in [-0.15, -0.1) is 0 Å². The molecule has 9 heteroatoms. The minimum absolute atomic E-state index is 0.0609. The van der Waals surface area contributed by atoms with E-state index in [1.807, 2.05) is 0 Å². The van der Waals surface area contributed by atoms with Crippen LogP contribution >= 0.6 is 0 Å². The first-order chi connectivity index (χ1) is 15.5. The second-order valence-electron chi connectivity index (χ2n) is 8.84. The molecule has 0 aliphatic heterocycles. The lowest BCUT2D eigenvalue weighted by Crippen LogP contribution is -2.37. The first-order valence-corrected chi connectivity index (χ1v) is 10.3. The number of carbonyl (C=O) groups is 1. The minimum atomic E-state index is -1.12. The molecule has 0 bridgehead atoms. The van der Waals surface area contributed by atoms with Gasteiger partial charge in [0.2, 0.25) is 5.60 Å². The molecule has 33 heavy (non-hydrogen) atoms. The zero-order valence-corrected chi connectivity index (χ0v) is 18.7. The summed E-state index contributed by atoms with van der Waals surface area (Å²) in [5.74, 6) is -2.21. The van der Waals surface area contributed by atoms with Crippen LogP contribution in [0.3, 0.4) is 0 Å². The van der Waals surface area contributed by atoms with Gasteiger partial charge in [0.15, 0.2) is 28.9 Å². The standard InChI is InChI=1S/C24H24F2N2O5/c1-23(2,3)33-22(29)24(6-7-24)32-20-11-14-17(12-19(20)30-4)28-8-5-18(14)31-21-15(25)9-13(27)10-16(21)26/h5,8-12H,6-7,27H2,1-4H3. The molecule has 2 aromatic carbocycles. The van der Waals surface area contributed by atoms with E-state index in [9.17, 15) is 13.6 Å². The Morgan fingerprint density at radius 2 is 1.73 bits per heavy atom. The minimum Gasteiger partial charge on any atom is -0.493 e. The summed E-state index contributed by atoms with van der Waals surface area (Å²) in [6, 6.07) is 6.56. The summed E-state index contributed by atoms with van der Waals surface area (Å²) in [6.07, 6.45) is 2.41. The summed E-state index contributed by atoms with van der Waals surface area (Å²) in [7, 11) is 1.46. The molecule has 4 rings (SSSR count). The topological polar surface area (TPSA) is 92.9 Å². The van der Waals surface area contributed by atoms with Crippen molar-refractivity contribution >= 4 is 22.6 Å². The monoisotopic (exact) mass is 458 g/mol. The molecule has 1 aliphatic carbocycles. The predicted molar refractivity (Wildman–Crippen MR) is 118 cm³/mol. The number of nitrogens with zero attached hydrogens (tertiary/aromatic N) is 1. The number of pyridine rings is 1. The molecule has 1 saturated carbocycles. The van der Waals surface area contributed by atoms with Crippen molar-refractivity contribution in [3.05, 3.63) is 48.2 Å². The molecule has 0 unspecified atom stereocenters. The van der Waals surface area contributed by atoms with E-state index in [1.165, 1.54) is 19.4 Å². The number of nitrogen functional groups attached to an aromatic ring is 1. The smallest absolute Gasteiger partial charge is 0.351 e. The Morgan fingerprint density at radius 3 is 2.30 bits per heavy atom. The highest BCUT2D eigenvalue weighted by Crippen LogP contribution is 2.46. The van der Waals surface area contributed by atoms with E-state index in [0.29, 0.717) is 29.5 Å². The molecule has 0 spiro atoms. The van der Waals surface area contributed by atoms with Gasteiger partial charge in [0.1, 0.15) is 11.4 Å². The number of nitrogens with two attached hydrogens (primary N) is 1. The molecule has 174 valence electrons. The second-order valence-corrected chi connectivity index (χ2v) is 8.84. The molecule has 7 nitrogen and oxygen atoms in total. The average Bonchev–Trinajstić information content (AvgIpc) is 3.50. The van der Waals surface area contributed by atoms with Crippen LogP contribution in [0.2, 0.25) is 0 Å². The van der Waals surface area contributed by atoms with E-state index in [2.05, 4.69) is 4.98 Å². The van der Waals surface area contributed by atoms with Gasteiger partial charge in [0, 0.05) is 48.3 Å². The fourth-order valence-electron chi connectivity index (χ4n) is 3.29. The van der Waals surface area contributed by atoms with E-state index >= 15 is 0 Å². The highest BCUT2D eigenvalue weighted by Gasteiger charge is 2.56. The van der Waals surface area contributed by atoms with Gasteiger partial charge in [-0.05, 0) is 32.9 Å². The van der Waals surface area contributed by atoms with Crippen molar-refractivity contribution in [1.29, 1.82) is 0 Å². The first kappa shape index (κ1) is 22.6. The Bertz CT molecular complexity index is 1210. The van der Waals surface area contributed by atoms with Crippen LogP contribution in [0.5, 0.6) is 23.0 Å². The van der Waals surface area contributed by atoms with E-state index in [-0.39, 0.29) is 17.2 Å². The third-order valence-electron chi connectivity index (χ3n) is 5.00. The van der Waals surface area contributed by atoms with Gasteiger partial charge >= 0.3 is 5.97 Å². The maximum atomic E-state index is 14.3. The number of anilines is 1. The van der Waals surface area contributed by atoms with E-state index in [4.69, 9.17) is 24.7 Å². The molecular formula is C24H24F2N2O5. The van der Waals surface area contributed by atoms with Crippen LogP contribution in [0, 0.1) is 11.6 Å². The molecule has 0 saturated heterocycles. The Hall–Kier alpha value is -3.62. The molecule has 3 aromatic rings. The highest BCUT2D eigenvalue weighted by atomic mass is 19.1. The van der Waals surface area contributed by atoms with E-state index in [1.54, 1.807) is 32.9 Å². The van der Waals surface area contributed by atoms with Crippen molar-refractivity contribution in [3.8, 4) is 23.0 Å². The summed E-state index contributed by atoms with van der Waals surface area (Å²) in [4.78, 5) is 17.0. The maximum absolute atomic E-state index is 14.3. The third-order valence-corrected chi connectivity index (χ3v) is 5.00. The van der Waals surface area contributed by atoms with E-state index < -0.39 is 34.6 Å². The Kier molecular flexibility index (Phi) is 5.51. The predicted octanol–water partition coefficient (Wildman–Crippen LogP) is 5.15. The number of aromatic nitrogens is 1. The van der Waals surface area contributed by atoms with Gasteiger partial charge in [0.25, 0.3) is 0 Å². The molecule has 1 fully saturated rings.